The fraction of sp³-hybridized carbons (Fsp3) is 0.579. The Bertz CT molecular complexity index is 523. The molecule has 1 heterocycles. The minimum atomic E-state index is -0.116. The molecule has 1 aliphatic heterocycles. The molecule has 2 rings (SSSR count). The van der Waals surface area contributed by atoms with Gasteiger partial charge in [-0.3, -0.25) is 4.79 Å². The minimum Gasteiger partial charge on any atom is -0.396 e. The second-order valence-corrected chi connectivity index (χ2v) is 6.61. The highest BCUT2D eigenvalue weighted by Gasteiger charge is 2.39. The second-order valence-electron chi connectivity index (χ2n) is 6.61. The largest absolute Gasteiger partial charge is 0.396 e. The van der Waals surface area contributed by atoms with Crippen molar-refractivity contribution in [2.75, 3.05) is 13.2 Å². The Balaban J connectivity index is 2.13. The van der Waals surface area contributed by atoms with Gasteiger partial charge in [0.15, 0.2) is 7.28 Å². The number of aliphatic hydroxyl groups excluding tert-OH is 1. The van der Waals surface area contributed by atoms with Crippen LogP contribution in [0.4, 0.5) is 0 Å². The zero-order chi connectivity index (χ0) is 17.4. The number of hydrogen-bond donors (Lipinski definition) is 1. The maximum Gasteiger partial charge on any atom is 0.225 e. The number of likely N-dealkylation sites (tertiary alicyclic amines) is 1. The Hall–Kier alpha value is -1.62. The number of nitrogens with zero attached hydrogens (tertiary/aromatic N) is 1. The number of amides is 1. The summed E-state index contributed by atoms with van der Waals surface area (Å²) >= 11 is 0. The molecule has 129 valence electrons. The van der Waals surface area contributed by atoms with Crippen LogP contribution in [0.15, 0.2) is 30.3 Å². The topological polar surface area (TPSA) is 57.6 Å². The summed E-state index contributed by atoms with van der Waals surface area (Å²) < 4.78 is 0. The summed E-state index contributed by atoms with van der Waals surface area (Å²) in [5.41, 5.74) is 1.26. The predicted molar refractivity (Wildman–Crippen MR) is 96.7 cm³/mol. The molecule has 1 amide bonds. The SMILES string of the molecule is CC1C(c2ccccc2)CC(C[B]C=O)C(=O)N1CCCCCO. The van der Waals surface area contributed by atoms with Crippen molar-refractivity contribution in [3.8, 4) is 0 Å². The highest BCUT2D eigenvalue weighted by Crippen LogP contribution is 2.37. The summed E-state index contributed by atoms with van der Waals surface area (Å²) in [7, 11) is 1.56. The van der Waals surface area contributed by atoms with Gasteiger partial charge in [-0.1, -0.05) is 36.7 Å². The van der Waals surface area contributed by atoms with E-state index in [1.54, 1.807) is 7.28 Å². The fourth-order valence-electron chi connectivity index (χ4n) is 3.67. The zero-order valence-electron chi connectivity index (χ0n) is 14.4. The molecule has 5 heteroatoms. The number of benzene rings is 1. The van der Waals surface area contributed by atoms with Gasteiger partial charge in [0.05, 0.1) is 6.19 Å². The molecule has 3 unspecified atom stereocenters. The minimum absolute atomic E-state index is 0.116. The monoisotopic (exact) mass is 328 g/mol. The summed E-state index contributed by atoms with van der Waals surface area (Å²) in [5, 5.41) is 8.92. The maximum atomic E-state index is 12.8. The van der Waals surface area contributed by atoms with E-state index >= 15 is 0 Å². The third-order valence-corrected chi connectivity index (χ3v) is 5.05. The smallest absolute Gasteiger partial charge is 0.225 e. The van der Waals surface area contributed by atoms with E-state index in [1.165, 1.54) is 5.56 Å². The first-order valence-electron chi connectivity index (χ1n) is 8.92. The standard InChI is InChI=1S/C19H27BNO3/c1-15-18(16-8-4-2-5-9-16)12-17(13-20-14-23)19(24)21(15)10-6-3-7-11-22/h2,4-5,8-9,14-15,17-18,22H,3,6-7,10-13H2,1H3. The first-order chi connectivity index (χ1) is 11.7. The third kappa shape index (κ3) is 4.70. The highest BCUT2D eigenvalue weighted by atomic mass is 16.3. The van der Waals surface area contributed by atoms with Crippen molar-refractivity contribution in [3.63, 3.8) is 0 Å². The lowest BCUT2D eigenvalue weighted by Crippen LogP contribution is -2.50. The highest BCUT2D eigenvalue weighted by molar-refractivity contribution is 6.66. The van der Waals surface area contributed by atoms with Crippen molar-refractivity contribution >= 4 is 19.4 Å². The van der Waals surface area contributed by atoms with E-state index in [4.69, 9.17) is 5.11 Å². The van der Waals surface area contributed by atoms with E-state index in [0.29, 0.717) is 12.2 Å². The molecule has 1 saturated heterocycles. The van der Waals surface area contributed by atoms with Gasteiger partial charge in [-0.05, 0) is 38.2 Å². The molecule has 1 aromatic rings. The van der Waals surface area contributed by atoms with Gasteiger partial charge in [0.2, 0.25) is 5.91 Å². The van der Waals surface area contributed by atoms with Crippen LogP contribution in [0.2, 0.25) is 6.32 Å². The molecule has 1 aromatic carbocycles. The van der Waals surface area contributed by atoms with Crippen LogP contribution in [0.1, 0.15) is 44.1 Å². The normalized spacial score (nSPS) is 24.0. The molecular weight excluding hydrogens is 301 g/mol. The maximum absolute atomic E-state index is 12.8. The molecule has 0 aromatic heterocycles. The Morgan fingerprint density at radius 2 is 2.00 bits per heavy atom. The molecule has 0 saturated carbocycles. The van der Waals surface area contributed by atoms with Crippen molar-refractivity contribution in [1.29, 1.82) is 0 Å². The number of piperidine rings is 1. The van der Waals surface area contributed by atoms with Gasteiger partial charge in [0, 0.05) is 31.0 Å². The van der Waals surface area contributed by atoms with Crippen molar-refractivity contribution in [3.05, 3.63) is 35.9 Å². The molecular formula is C19H27BNO3. The van der Waals surface area contributed by atoms with E-state index < -0.39 is 0 Å². The van der Waals surface area contributed by atoms with Gasteiger partial charge >= 0.3 is 0 Å². The first-order valence-corrected chi connectivity index (χ1v) is 8.92. The molecule has 1 aliphatic rings. The van der Waals surface area contributed by atoms with Crippen LogP contribution in [0.5, 0.6) is 0 Å². The number of carbonyl (C=O) groups is 2. The molecule has 1 radical (unpaired) electrons. The van der Waals surface area contributed by atoms with Crippen molar-refractivity contribution in [1.82, 2.24) is 4.90 Å². The van der Waals surface area contributed by atoms with E-state index in [9.17, 15) is 9.59 Å². The molecule has 0 bridgehead atoms. The number of hydrogen-bond acceptors (Lipinski definition) is 3. The Morgan fingerprint density at radius 1 is 1.25 bits per heavy atom. The number of unbranched alkanes of at least 4 members (excludes halogenated alkanes) is 2. The summed E-state index contributed by atoms with van der Waals surface area (Å²) in [6, 6.07) is 10.5. The van der Waals surface area contributed by atoms with Crippen LogP contribution >= 0.6 is 0 Å². The zero-order valence-corrected chi connectivity index (χ0v) is 14.4. The van der Waals surface area contributed by atoms with E-state index in [2.05, 4.69) is 19.1 Å². The average Bonchev–Trinajstić information content (AvgIpc) is 2.61. The Kier molecular flexibility index (Phi) is 7.51. The van der Waals surface area contributed by atoms with Crippen LogP contribution in [0.3, 0.4) is 0 Å². The van der Waals surface area contributed by atoms with E-state index in [0.717, 1.165) is 38.4 Å². The molecule has 24 heavy (non-hydrogen) atoms. The second kappa shape index (κ2) is 9.63. The fourth-order valence-corrected chi connectivity index (χ4v) is 3.67. The van der Waals surface area contributed by atoms with Gasteiger partial charge in [-0.2, -0.15) is 0 Å². The molecule has 1 fully saturated rings. The summed E-state index contributed by atoms with van der Waals surface area (Å²) in [6.45, 7) is 3.05. The van der Waals surface area contributed by atoms with Crippen LogP contribution in [-0.4, -0.2) is 48.6 Å². The average molecular weight is 328 g/mol. The van der Waals surface area contributed by atoms with Gasteiger partial charge in [0.1, 0.15) is 0 Å². The summed E-state index contributed by atoms with van der Waals surface area (Å²) in [6.07, 6.45) is 4.71. The van der Waals surface area contributed by atoms with Gasteiger partial charge in [-0.25, -0.2) is 0 Å². The Morgan fingerprint density at radius 3 is 2.67 bits per heavy atom. The molecule has 0 aliphatic carbocycles. The third-order valence-electron chi connectivity index (χ3n) is 5.05. The Labute approximate surface area is 145 Å². The van der Waals surface area contributed by atoms with Crippen LogP contribution in [-0.2, 0) is 9.59 Å². The van der Waals surface area contributed by atoms with E-state index in [-0.39, 0.29) is 24.5 Å². The molecule has 0 spiro atoms. The number of rotatable bonds is 9. The summed E-state index contributed by atoms with van der Waals surface area (Å²) in [5.74, 6) is 0.345. The quantitative estimate of drug-likeness (QED) is 0.430. The van der Waals surface area contributed by atoms with E-state index in [1.807, 2.05) is 23.1 Å². The number of aliphatic hydroxyl groups is 1. The molecule has 4 nitrogen and oxygen atoms in total. The summed E-state index contributed by atoms with van der Waals surface area (Å²) in [4.78, 5) is 25.5. The predicted octanol–water partition coefficient (Wildman–Crippen LogP) is 2.48. The van der Waals surface area contributed by atoms with Crippen LogP contribution in [0.25, 0.3) is 0 Å². The molecule has 3 atom stereocenters. The van der Waals surface area contributed by atoms with Crippen molar-refractivity contribution < 1.29 is 14.7 Å². The van der Waals surface area contributed by atoms with Crippen molar-refractivity contribution in [2.45, 2.75) is 50.9 Å². The van der Waals surface area contributed by atoms with Crippen molar-refractivity contribution in [2.24, 2.45) is 5.92 Å². The van der Waals surface area contributed by atoms with Crippen LogP contribution in [0, 0.1) is 5.92 Å². The lowest BCUT2D eigenvalue weighted by molar-refractivity contribution is -0.141. The lowest BCUT2D eigenvalue weighted by atomic mass is 9.66. The molecule has 1 N–H and O–H groups in total. The van der Waals surface area contributed by atoms with Crippen LogP contribution < -0.4 is 0 Å². The lowest BCUT2D eigenvalue weighted by Gasteiger charge is -2.43. The van der Waals surface area contributed by atoms with Gasteiger partial charge < -0.3 is 14.8 Å². The van der Waals surface area contributed by atoms with Gasteiger partial charge in [0.25, 0.3) is 0 Å². The number of carbonyl (C=O) groups excluding carboxylic acids is 2. The van der Waals surface area contributed by atoms with Gasteiger partial charge in [-0.15, -0.1) is 0 Å². The first kappa shape index (κ1) is 18.7.